The molecule has 1 amide bonds. The Morgan fingerprint density at radius 1 is 1.20 bits per heavy atom. The zero-order chi connectivity index (χ0) is 24.8. The highest BCUT2D eigenvalue weighted by Crippen LogP contribution is 2.65. The van der Waals surface area contributed by atoms with E-state index in [2.05, 4.69) is 30.3 Å². The van der Waals surface area contributed by atoms with Crippen molar-refractivity contribution in [3.63, 3.8) is 0 Å². The highest BCUT2D eigenvalue weighted by atomic mass is 16.7. The van der Waals surface area contributed by atoms with Gasteiger partial charge in [0.2, 0.25) is 11.7 Å². The molecule has 1 aromatic carbocycles. The number of rotatable bonds is 10. The van der Waals surface area contributed by atoms with Crippen LogP contribution in [0.1, 0.15) is 63.0 Å². The number of carbonyl (C=O) groups is 1. The molecule has 0 radical (unpaired) electrons. The summed E-state index contributed by atoms with van der Waals surface area (Å²) in [5, 5.41) is 3.25. The molecule has 1 fully saturated rings. The van der Waals surface area contributed by atoms with Gasteiger partial charge in [-0.25, -0.2) is 0 Å². The summed E-state index contributed by atoms with van der Waals surface area (Å²) in [5.41, 5.74) is 2.91. The molecular formula is C28H40N2O5. The van der Waals surface area contributed by atoms with Crippen LogP contribution in [-0.2, 0) is 26.1 Å². The third-order valence-electron chi connectivity index (χ3n) is 8.93. The number of hydrogen-bond acceptors (Lipinski definition) is 6. The van der Waals surface area contributed by atoms with Crippen LogP contribution in [0.4, 0.5) is 5.69 Å². The number of benzene rings is 1. The van der Waals surface area contributed by atoms with E-state index in [-0.39, 0.29) is 23.3 Å². The number of likely N-dealkylation sites (tertiary alicyclic amines) is 1. The summed E-state index contributed by atoms with van der Waals surface area (Å²) in [6.07, 6.45) is 11.9. The topological polar surface area (TPSA) is 69.3 Å². The Balaban J connectivity index is 1.56. The lowest BCUT2D eigenvalue weighted by atomic mass is 9.52. The second-order valence-electron chi connectivity index (χ2n) is 10.6. The molecule has 5 rings (SSSR count). The first-order valence-electron chi connectivity index (χ1n) is 13.2. The second-order valence-corrected chi connectivity index (χ2v) is 10.6. The lowest BCUT2D eigenvalue weighted by molar-refractivity contribution is -0.244. The molecule has 7 nitrogen and oxygen atoms in total. The van der Waals surface area contributed by atoms with Crippen LogP contribution in [0.15, 0.2) is 18.2 Å². The van der Waals surface area contributed by atoms with E-state index in [1.807, 2.05) is 12.1 Å². The Morgan fingerprint density at radius 2 is 1.97 bits per heavy atom. The molecule has 4 aliphatic rings. The smallest absolute Gasteiger partial charge is 0.226 e. The minimum atomic E-state index is -0.975. The van der Waals surface area contributed by atoms with E-state index in [0.29, 0.717) is 18.2 Å². The normalized spacial score (nSPS) is 29.5. The van der Waals surface area contributed by atoms with Crippen LogP contribution >= 0.6 is 0 Å². The molecule has 35 heavy (non-hydrogen) atoms. The second kappa shape index (κ2) is 9.41. The fourth-order valence-electron chi connectivity index (χ4n) is 7.12. The highest BCUT2D eigenvalue weighted by Gasteiger charge is 2.69. The van der Waals surface area contributed by atoms with Crippen LogP contribution in [0.2, 0.25) is 0 Å². The molecule has 0 unspecified atom stereocenters. The number of nitrogens with zero attached hydrogens (tertiary/aromatic N) is 1. The van der Waals surface area contributed by atoms with Gasteiger partial charge < -0.3 is 29.2 Å². The number of methoxy groups -OCH3 is 3. The maximum absolute atomic E-state index is 13.0. The summed E-state index contributed by atoms with van der Waals surface area (Å²) in [4.78, 5) is 15.4. The van der Waals surface area contributed by atoms with Crippen molar-refractivity contribution in [3.05, 3.63) is 29.3 Å². The Morgan fingerprint density at radius 3 is 2.69 bits per heavy atom. The lowest BCUT2D eigenvalue weighted by Gasteiger charge is -2.58. The summed E-state index contributed by atoms with van der Waals surface area (Å²) >= 11 is 0. The number of hydrogen-bond donors (Lipinski definition) is 1. The first-order valence-corrected chi connectivity index (χ1v) is 13.2. The van der Waals surface area contributed by atoms with E-state index in [4.69, 9.17) is 18.9 Å². The molecule has 1 N–H and O–H groups in total. The van der Waals surface area contributed by atoms with Gasteiger partial charge in [-0.2, -0.15) is 0 Å². The van der Waals surface area contributed by atoms with Gasteiger partial charge in [0.05, 0.1) is 12.5 Å². The maximum Gasteiger partial charge on any atom is 0.226 e. The van der Waals surface area contributed by atoms with Crippen molar-refractivity contribution in [2.45, 2.75) is 81.6 Å². The Bertz CT molecular complexity index is 1000. The SMILES string of the molecule is CCCCCCCC(=O)Nc1cc(OC)c2c3c1C[C@@H]1[C@@H]4C=CC(OC)(OC)[C@H](O2)[C@]34CCN1C. The van der Waals surface area contributed by atoms with E-state index in [1.54, 1.807) is 21.3 Å². The van der Waals surface area contributed by atoms with Gasteiger partial charge >= 0.3 is 0 Å². The van der Waals surface area contributed by atoms with Crippen molar-refractivity contribution in [1.82, 2.24) is 4.90 Å². The molecule has 4 atom stereocenters. The first-order chi connectivity index (χ1) is 17.0. The average Bonchev–Trinajstić information content (AvgIpc) is 3.22. The quantitative estimate of drug-likeness (QED) is 0.301. The predicted octanol–water partition coefficient (Wildman–Crippen LogP) is 4.43. The average molecular weight is 485 g/mol. The van der Waals surface area contributed by atoms with E-state index in [0.717, 1.165) is 43.7 Å². The largest absolute Gasteiger partial charge is 0.493 e. The van der Waals surface area contributed by atoms with Crippen LogP contribution < -0.4 is 14.8 Å². The summed E-state index contributed by atoms with van der Waals surface area (Å²) in [7, 11) is 7.22. The Hall–Kier alpha value is -2.09. The number of amides is 1. The number of piperidine rings is 1. The van der Waals surface area contributed by atoms with E-state index < -0.39 is 5.79 Å². The molecule has 1 spiro atoms. The molecule has 2 aliphatic carbocycles. The standard InChI is InChI=1S/C28H40N2O5/c1-6-7-8-9-10-11-23(31)29-20-17-22(32-3)25-24-18(20)16-21-19-12-13-28(33-4,34-5)26(35-25)27(19,24)14-15-30(21)2/h12-13,17,19,21,26H,6-11,14-16H2,1-5H3,(H,29,31)/t19-,21+,26+,27-/m0/s1. The van der Waals surface area contributed by atoms with Crippen LogP contribution in [0, 0.1) is 5.92 Å². The lowest BCUT2D eigenvalue weighted by Crippen LogP contribution is -2.68. The van der Waals surface area contributed by atoms with E-state index in [1.165, 1.54) is 30.4 Å². The monoisotopic (exact) mass is 484 g/mol. The Kier molecular flexibility index (Phi) is 6.62. The molecule has 2 heterocycles. The van der Waals surface area contributed by atoms with Gasteiger partial charge in [-0.1, -0.05) is 38.7 Å². The summed E-state index contributed by atoms with van der Waals surface area (Å²) < 4.78 is 24.5. The minimum absolute atomic E-state index is 0.0695. The fourth-order valence-corrected chi connectivity index (χ4v) is 7.12. The van der Waals surface area contributed by atoms with E-state index in [9.17, 15) is 4.79 Å². The number of nitrogens with one attached hydrogen (secondary N) is 1. The minimum Gasteiger partial charge on any atom is -0.493 e. The molecule has 0 saturated carbocycles. The van der Waals surface area contributed by atoms with Gasteiger partial charge in [0.1, 0.15) is 0 Å². The zero-order valence-electron chi connectivity index (χ0n) is 21.8. The van der Waals surface area contributed by atoms with Crippen molar-refractivity contribution in [2.24, 2.45) is 5.92 Å². The third-order valence-corrected chi connectivity index (χ3v) is 8.93. The van der Waals surface area contributed by atoms with Crippen molar-refractivity contribution < 1.29 is 23.7 Å². The van der Waals surface area contributed by atoms with Crippen molar-refractivity contribution >= 4 is 11.6 Å². The van der Waals surface area contributed by atoms with Crippen LogP contribution in [0.3, 0.4) is 0 Å². The Labute approximate surface area is 209 Å². The van der Waals surface area contributed by atoms with Gasteiger partial charge in [0.25, 0.3) is 0 Å². The molecular weight excluding hydrogens is 444 g/mol. The van der Waals surface area contributed by atoms with E-state index >= 15 is 0 Å². The first kappa shape index (κ1) is 24.6. The fraction of sp³-hybridized carbons (Fsp3) is 0.679. The third kappa shape index (κ3) is 3.61. The predicted molar refractivity (Wildman–Crippen MR) is 135 cm³/mol. The van der Waals surface area contributed by atoms with Crippen LogP contribution in [0.5, 0.6) is 11.5 Å². The number of unbranched alkanes of at least 4 members (excludes halogenated alkanes) is 4. The number of anilines is 1. The van der Waals surface area contributed by atoms with Crippen LogP contribution in [-0.4, -0.2) is 63.7 Å². The van der Waals surface area contributed by atoms with Gasteiger partial charge in [-0.15, -0.1) is 0 Å². The van der Waals surface area contributed by atoms with Gasteiger partial charge in [-0.05, 0) is 44.5 Å². The number of likely N-dealkylation sites (N-methyl/N-ethyl adjacent to an activating group) is 1. The number of ether oxygens (including phenoxy) is 4. The van der Waals surface area contributed by atoms with Gasteiger partial charge in [0.15, 0.2) is 17.6 Å². The molecule has 0 aromatic heterocycles. The molecule has 192 valence electrons. The van der Waals surface area contributed by atoms with Gasteiger partial charge in [0, 0.05) is 49.9 Å². The maximum atomic E-state index is 13.0. The molecule has 2 bridgehead atoms. The van der Waals surface area contributed by atoms with Crippen LogP contribution in [0.25, 0.3) is 0 Å². The summed E-state index contributed by atoms with van der Waals surface area (Å²) in [6, 6.07) is 2.26. The zero-order valence-corrected chi connectivity index (χ0v) is 21.8. The van der Waals surface area contributed by atoms with Crippen molar-refractivity contribution in [1.29, 1.82) is 0 Å². The highest BCUT2D eigenvalue weighted by molar-refractivity contribution is 5.93. The van der Waals surface area contributed by atoms with Crippen molar-refractivity contribution in [2.75, 3.05) is 40.2 Å². The molecule has 7 heteroatoms. The number of carbonyl (C=O) groups excluding carboxylic acids is 1. The summed E-state index contributed by atoms with van der Waals surface area (Å²) in [6.45, 7) is 3.17. The molecule has 1 aromatic rings. The molecule has 2 aliphatic heterocycles. The van der Waals surface area contributed by atoms with Gasteiger partial charge in [-0.3, -0.25) is 4.79 Å². The molecule has 1 saturated heterocycles. The van der Waals surface area contributed by atoms with Crippen molar-refractivity contribution in [3.8, 4) is 11.5 Å². The summed E-state index contributed by atoms with van der Waals surface area (Å²) in [5.74, 6) is 0.799.